The van der Waals surface area contributed by atoms with E-state index in [1.54, 1.807) is 14.2 Å². The van der Waals surface area contributed by atoms with Crippen LogP contribution in [0.15, 0.2) is 30.4 Å². The van der Waals surface area contributed by atoms with E-state index in [1.165, 1.54) is 38.0 Å². The molecule has 25 heavy (non-hydrogen) atoms. The molecule has 2 bridgehead atoms. The van der Waals surface area contributed by atoms with Gasteiger partial charge in [0.05, 0.1) is 14.2 Å². The molecule has 0 aromatic heterocycles. The van der Waals surface area contributed by atoms with Crippen molar-refractivity contribution < 1.29 is 9.47 Å². The Morgan fingerprint density at radius 3 is 2.40 bits per heavy atom. The highest BCUT2D eigenvalue weighted by Crippen LogP contribution is 2.43. The Kier molecular flexibility index (Phi) is 5.00. The second-order valence-electron chi connectivity index (χ2n) is 7.77. The zero-order valence-corrected chi connectivity index (χ0v) is 15.5. The summed E-state index contributed by atoms with van der Waals surface area (Å²) in [5.74, 6) is 4.35. The van der Waals surface area contributed by atoms with Gasteiger partial charge in [0.2, 0.25) is 0 Å². The zero-order valence-electron chi connectivity index (χ0n) is 15.5. The molecule has 1 aliphatic heterocycles. The lowest BCUT2D eigenvalue weighted by Gasteiger charge is -2.37. The highest BCUT2D eigenvalue weighted by atomic mass is 16.5. The summed E-state index contributed by atoms with van der Waals surface area (Å²) in [5, 5.41) is 0. The SMILES string of the molecule is COc1cccc(CN2CCN(C[C@H]3C[C@@H]4C=C[C@H]3C4)CC2)c1OC. The van der Waals surface area contributed by atoms with Crippen molar-refractivity contribution >= 4 is 0 Å². The van der Waals surface area contributed by atoms with Crippen molar-refractivity contribution in [1.29, 1.82) is 0 Å². The lowest BCUT2D eigenvalue weighted by atomic mass is 9.93. The molecule has 4 rings (SSSR count). The van der Waals surface area contributed by atoms with Crippen LogP contribution in [0.3, 0.4) is 0 Å². The molecule has 1 heterocycles. The Morgan fingerprint density at radius 1 is 0.960 bits per heavy atom. The quantitative estimate of drug-likeness (QED) is 0.742. The number of hydrogen-bond donors (Lipinski definition) is 0. The number of para-hydroxylation sites is 1. The molecule has 3 atom stereocenters. The van der Waals surface area contributed by atoms with E-state index in [4.69, 9.17) is 9.47 Å². The van der Waals surface area contributed by atoms with Crippen LogP contribution in [0.4, 0.5) is 0 Å². The molecule has 2 aliphatic carbocycles. The maximum absolute atomic E-state index is 5.58. The van der Waals surface area contributed by atoms with Crippen LogP contribution in [-0.2, 0) is 6.54 Å². The summed E-state index contributed by atoms with van der Waals surface area (Å²) in [5.41, 5.74) is 1.22. The Labute approximate surface area is 151 Å². The van der Waals surface area contributed by atoms with E-state index in [0.717, 1.165) is 48.9 Å². The topological polar surface area (TPSA) is 24.9 Å². The Balaban J connectivity index is 1.30. The molecule has 2 fully saturated rings. The van der Waals surface area contributed by atoms with Gasteiger partial charge in [-0.25, -0.2) is 0 Å². The maximum Gasteiger partial charge on any atom is 0.165 e. The number of allylic oxidation sites excluding steroid dienone is 2. The fourth-order valence-corrected chi connectivity index (χ4v) is 4.89. The van der Waals surface area contributed by atoms with Crippen molar-refractivity contribution in [2.24, 2.45) is 17.8 Å². The van der Waals surface area contributed by atoms with Gasteiger partial charge in [0.15, 0.2) is 11.5 Å². The van der Waals surface area contributed by atoms with Gasteiger partial charge in [0.1, 0.15) is 0 Å². The first-order valence-electron chi connectivity index (χ1n) is 9.59. The minimum Gasteiger partial charge on any atom is -0.493 e. The summed E-state index contributed by atoms with van der Waals surface area (Å²) in [4.78, 5) is 5.22. The summed E-state index contributed by atoms with van der Waals surface area (Å²) in [6, 6.07) is 6.16. The van der Waals surface area contributed by atoms with Crippen molar-refractivity contribution in [3.63, 3.8) is 0 Å². The summed E-state index contributed by atoms with van der Waals surface area (Å²) in [6.07, 6.45) is 7.76. The first-order valence-corrected chi connectivity index (χ1v) is 9.59. The van der Waals surface area contributed by atoms with E-state index in [2.05, 4.69) is 34.1 Å². The molecular weight excluding hydrogens is 312 g/mol. The van der Waals surface area contributed by atoms with Gasteiger partial charge in [-0.3, -0.25) is 4.90 Å². The molecule has 1 aromatic rings. The zero-order chi connectivity index (χ0) is 17.2. The highest BCUT2D eigenvalue weighted by molar-refractivity contribution is 5.46. The number of piperazine rings is 1. The first-order chi connectivity index (χ1) is 12.3. The predicted molar refractivity (Wildman–Crippen MR) is 100 cm³/mol. The van der Waals surface area contributed by atoms with E-state index in [-0.39, 0.29) is 0 Å². The molecular formula is C21H30N2O2. The van der Waals surface area contributed by atoms with Gasteiger partial charge in [-0.05, 0) is 36.7 Å². The van der Waals surface area contributed by atoms with Crippen LogP contribution in [0.5, 0.6) is 11.5 Å². The van der Waals surface area contributed by atoms with Crippen molar-refractivity contribution in [3.8, 4) is 11.5 Å². The van der Waals surface area contributed by atoms with Crippen molar-refractivity contribution in [2.75, 3.05) is 46.9 Å². The first kappa shape index (κ1) is 16.9. The van der Waals surface area contributed by atoms with Gasteiger partial charge >= 0.3 is 0 Å². The summed E-state index contributed by atoms with van der Waals surface area (Å²) < 4.78 is 11.0. The van der Waals surface area contributed by atoms with Crippen LogP contribution in [0, 0.1) is 17.8 Å². The highest BCUT2D eigenvalue weighted by Gasteiger charge is 2.36. The van der Waals surface area contributed by atoms with Gasteiger partial charge in [-0.1, -0.05) is 24.3 Å². The van der Waals surface area contributed by atoms with Gasteiger partial charge in [-0.2, -0.15) is 0 Å². The molecule has 0 unspecified atom stereocenters. The largest absolute Gasteiger partial charge is 0.493 e. The van der Waals surface area contributed by atoms with Gasteiger partial charge < -0.3 is 14.4 Å². The van der Waals surface area contributed by atoms with E-state index in [1.807, 2.05) is 6.07 Å². The second-order valence-corrected chi connectivity index (χ2v) is 7.77. The number of nitrogens with zero attached hydrogens (tertiary/aromatic N) is 2. The Morgan fingerprint density at radius 2 is 1.76 bits per heavy atom. The van der Waals surface area contributed by atoms with Crippen molar-refractivity contribution in [3.05, 3.63) is 35.9 Å². The minimum absolute atomic E-state index is 0.822. The molecule has 1 aromatic carbocycles. The van der Waals surface area contributed by atoms with Gasteiger partial charge in [0, 0.05) is 44.8 Å². The van der Waals surface area contributed by atoms with Crippen LogP contribution in [0.1, 0.15) is 18.4 Å². The molecule has 1 saturated carbocycles. The third kappa shape index (κ3) is 3.56. The molecule has 4 heteroatoms. The third-order valence-corrected chi connectivity index (χ3v) is 6.25. The molecule has 0 spiro atoms. The van der Waals surface area contributed by atoms with Gasteiger partial charge in [0.25, 0.3) is 0 Å². The third-order valence-electron chi connectivity index (χ3n) is 6.25. The van der Waals surface area contributed by atoms with E-state index >= 15 is 0 Å². The fourth-order valence-electron chi connectivity index (χ4n) is 4.89. The standard InChI is InChI=1S/C21H30N2O2/c1-24-20-5-3-4-18(21(20)25-2)14-22-8-10-23(11-9-22)15-19-13-16-6-7-17(19)12-16/h3-7,16-17,19H,8-15H2,1-2H3/t16-,17+,19-/m1/s1. The van der Waals surface area contributed by atoms with Gasteiger partial charge in [-0.15, -0.1) is 0 Å². The van der Waals surface area contributed by atoms with Crippen LogP contribution in [-0.4, -0.2) is 56.7 Å². The molecule has 3 aliphatic rings. The number of rotatable bonds is 6. The van der Waals surface area contributed by atoms with Crippen LogP contribution in [0.25, 0.3) is 0 Å². The van der Waals surface area contributed by atoms with Crippen molar-refractivity contribution in [2.45, 2.75) is 19.4 Å². The van der Waals surface area contributed by atoms with Crippen LogP contribution >= 0.6 is 0 Å². The Bertz CT molecular complexity index is 622. The average molecular weight is 342 g/mol. The maximum atomic E-state index is 5.58. The number of hydrogen-bond acceptors (Lipinski definition) is 4. The molecule has 136 valence electrons. The number of fused-ring (bicyclic) bond motifs is 2. The number of ether oxygens (including phenoxy) is 2. The molecule has 0 N–H and O–H groups in total. The monoisotopic (exact) mass is 342 g/mol. The lowest BCUT2D eigenvalue weighted by molar-refractivity contribution is 0.108. The molecule has 0 radical (unpaired) electrons. The smallest absolute Gasteiger partial charge is 0.165 e. The minimum atomic E-state index is 0.822. The van der Waals surface area contributed by atoms with Crippen molar-refractivity contribution in [1.82, 2.24) is 9.80 Å². The fraction of sp³-hybridized carbons (Fsp3) is 0.619. The molecule has 4 nitrogen and oxygen atoms in total. The summed E-state index contributed by atoms with van der Waals surface area (Å²) >= 11 is 0. The normalized spacial score (nSPS) is 29.3. The lowest BCUT2D eigenvalue weighted by Crippen LogP contribution is -2.47. The number of methoxy groups -OCH3 is 2. The Hall–Kier alpha value is -1.52. The second kappa shape index (κ2) is 7.38. The predicted octanol–water partition coefficient (Wildman–Crippen LogP) is 3.03. The van der Waals surface area contributed by atoms with E-state index in [9.17, 15) is 0 Å². The molecule has 0 amide bonds. The van der Waals surface area contributed by atoms with E-state index < -0.39 is 0 Å². The summed E-state index contributed by atoms with van der Waals surface area (Å²) in [7, 11) is 3.42. The average Bonchev–Trinajstić information content (AvgIpc) is 3.26. The van der Waals surface area contributed by atoms with Crippen LogP contribution < -0.4 is 9.47 Å². The number of benzene rings is 1. The molecule has 1 saturated heterocycles. The van der Waals surface area contributed by atoms with Crippen LogP contribution in [0.2, 0.25) is 0 Å². The van der Waals surface area contributed by atoms with E-state index in [0.29, 0.717) is 0 Å². The summed E-state index contributed by atoms with van der Waals surface area (Å²) in [6.45, 7) is 6.87.